The Morgan fingerprint density at radius 3 is 2.47 bits per heavy atom. The fraction of sp³-hybridized carbons (Fsp3) is 0.214. The van der Waals surface area contributed by atoms with Crippen LogP contribution >= 0.6 is 0 Å². The van der Waals surface area contributed by atoms with Crippen molar-refractivity contribution in [1.82, 2.24) is 4.31 Å². The van der Waals surface area contributed by atoms with Crippen LogP contribution in [0.15, 0.2) is 41.3 Å². The van der Waals surface area contributed by atoms with Crippen molar-refractivity contribution in [3.05, 3.63) is 42.0 Å². The minimum atomic E-state index is -3.64. The fourth-order valence-electron chi connectivity index (χ4n) is 1.44. The van der Waals surface area contributed by atoms with E-state index in [4.69, 9.17) is 6.42 Å². The summed E-state index contributed by atoms with van der Waals surface area (Å²) in [6, 6.07) is 6.53. The number of hydrogen-bond acceptors (Lipinski definition) is 3. The lowest BCUT2D eigenvalue weighted by Gasteiger charge is -2.18. The summed E-state index contributed by atoms with van der Waals surface area (Å²) in [7, 11) is -3.64. The van der Waals surface area contributed by atoms with Crippen molar-refractivity contribution in [2.24, 2.45) is 0 Å². The maximum atomic E-state index is 12.3. The topological polar surface area (TPSA) is 54.5 Å². The quantitative estimate of drug-likeness (QED) is 0.448. The van der Waals surface area contributed by atoms with E-state index in [1.54, 1.807) is 12.1 Å². The smallest absolute Gasteiger partial charge is 0.244 e. The summed E-state index contributed by atoms with van der Waals surface area (Å²) in [6.45, 7) is 1.90. The summed E-state index contributed by atoms with van der Waals surface area (Å²) in [5.74, 6) is 2.31. The number of sulfonamides is 1. The minimum absolute atomic E-state index is 0.0423. The van der Waals surface area contributed by atoms with Crippen LogP contribution in [0.3, 0.4) is 0 Å². The van der Waals surface area contributed by atoms with E-state index in [2.05, 4.69) is 5.92 Å². The van der Waals surface area contributed by atoms with Gasteiger partial charge in [0.25, 0.3) is 0 Å². The Balaban J connectivity index is 3.05. The number of carbonyl (C=O) groups is 1. The van der Waals surface area contributed by atoms with Crippen LogP contribution < -0.4 is 0 Å². The summed E-state index contributed by atoms with van der Waals surface area (Å²) in [6.07, 6.45) is 8.47. The van der Waals surface area contributed by atoms with E-state index in [0.29, 0.717) is 6.29 Å². The van der Waals surface area contributed by atoms with Gasteiger partial charge in [0, 0.05) is 6.54 Å². The molecule has 0 aliphatic rings. The van der Waals surface area contributed by atoms with Gasteiger partial charge in [-0.2, -0.15) is 4.31 Å². The summed E-state index contributed by atoms with van der Waals surface area (Å²) < 4.78 is 25.8. The molecule has 0 saturated heterocycles. The van der Waals surface area contributed by atoms with Gasteiger partial charge >= 0.3 is 0 Å². The molecule has 1 aromatic rings. The molecule has 0 aliphatic heterocycles. The number of terminal acetylenes is 1. The van der Waals surface area contributed by atoms with Crippen LogP contribution in [0.5, 0.6) is 0 Å². The average molecular weight is 277 g/mol. The number of hydrogen-bond donors (Lipinski definition) is 0. The monoisotopic (exact) mass is 277 g/mol. The van der Waals surface area contributed by atoms with Crippen LogP contribution in [0, 0.1) is 19.3 Å². The first-order valence-corrected chi connectivity index (χ1v) is 7.07. The van der Waals surface area contributed by atoms with E-state index in [1.165, 1.54) is 24.3 Å². The molecule has 0 radical (unpaired) electrons. The van der Waals surface area contributed by atoms with Gasteiger partial charge in [0.15, 0.2) is 0 Å². The van der Waals surface area contributed by atoms with Crippen LogP contribution in [0.1, 0.15) is 5.56 Å². The summed E-state index contributed by atoms with van der Waals surface area (Å²) in [5, 5.41) is 0. The second kappa shape index (κ2) is 6.88. The average Bonchev–Trinajstić information content (AvgIpc) is 2.38. The zero-order valence-electron chi connectivity index (χ0n) is 10.6. The molecular formula is C14H15NO3S. The summed E-state index contributed by atoms with van der Waals surface area (Å²) >= 11 is 0. The van der Waals surface area contributed by atoms with Gasteiger partial charge < -0.3 is 0 Å². The fourth-order valence-corrected chi connectivity index (χ4v) is 2.75. The first kappa shape index (κ1) is 15.2. The molecule has 0 spiro atoms. The predicted octanol–water partition coefficient (Wildman–Crippen LogP) is 1.37. The molecule has 0 heterocycles. The Labute approximate surface area is 113 Å². The summed E-state index contributed by atoms with van der Waals surface area (Å²) in [5.41, 5.74) is 0.975. The lowest BCUT2D eigenvalue weighted by atomic mass is 10.2. The van der Waals surface area contributed by atoms with Crippen LogP contribution in [-0.2, 0) is 14.8 Å². The Morgan fingerprint density at radius 1 is 1.32 bits per heavy atom. The molecule has 100 valence electrons. The van der Waals surface area contributed by atoms with E-state index in [1.807, 2.05) is 6.92 Å². The minimum Gasteiger partial charge on any atom is -0.299 e. The molecule has 1 rings (SSSR count). The van der Waals surface area contributed by atoms with Crippen LogP contribution in [-0.4, -0.2) is 32.1 Å². The second-order valence-corrected chi connectivity index (χ2v) is 5.82. The number of carbonyl (C=O) groups excluding carboxylic acids is 1. The van der Waals surface area contributed by atoms with E-state index in [-0.39, 0.29) is 18.0 Å². The second-order valence-electron chi connectivity index (χ2n) is 3.88. The molecule has 0 unspecified atom stereocenters. The number of aldehydes is 1. The van der Waals surface area contributed by atoms with Gasteiger partial charge in [-0.25, -0.2) is 8.42 Å². The number of rotatable bonds is 6. The third kappa shape index (κ3) is 4.05. The molecule has 0 N–H and O–H groups in total. The van der Waals surface area contributed by atoms with Crippen LogP contribution in [0.4, 0.5) is 0 Å². The Kier molecular flexibility index (Phi) is 5.49. The highest BCUT2D eigenvalue weighted by atomic mass is 32.2. The maximum absolute atomic E-state index is 12.3. The molecule has 0 fully saturated rings. The highest BCUT2D eigenvalue weighted by Gasteiger charge is 2.22. The van der Waals surface area contributed by atoms with Gasteiger partial charge in [0.1, 0.15) is 6.29 Å². The van der Waals surface area contributed by atoms with E-state index in [9.17, 15) is 13.2 Å². The third-order valence-corrected chi connectivity index (χ3v) is 4.28. The lowest BCUT2D eigenvalue weighted by Crippen LogP contribution is -2.31. The molecule has 4 nitrogen and oxygen atoms in total. The van der Waals surface area contributed by atoms with E-state index in [0.717, 1.165) is 9.87 Å². The number of allylic oxidation sites excluding steroid dienone is 1. The Morgan fingerprint density at radius 2 is 1.95 bits per heavy atom. The van der Waals surface area contributed by atoms with Crippen molar-refractivity contribution in [2.45, 2.75) is 11.8 Å². The largest absolute Gasteiger partial charge is 0.299 e. The normalized spacial score (nSPS) is 11.6. The number of nitrogens with zero attached hydrogens (tertiary/aromatic N) is 1. The SMILES string of the molecule is C#CCN(C/C=C/C=O)S(=O)(=O)c1ccc(C)cc1. The highest BCUT2D eigenvalue weighted by molar-refractivity contribution is 7.89. The summed E-state index contributed by atoms with van der Waals surface area (Å²) in [4.78, 5) is 10.4. The van der Waals surface area contributed by atoms with Gasteiger partial charge in [-0.1, -0.05) is 29.7 Å². The molecule has 1 aromatic carbocycles. The van der Waals surface area contributed by atoms with Crippen molar-refractivity contribution < 1.29 is 13.2 Å². The van der Waals surface area contributed by atoms with Crippen molar-refractivity contribution in [1.29, 1.82) is 0 Å². The molecule has 0 bridgehead atoms. The zero-order chi connectivity index (χ0) is 14.3. The van der Waals surface area contributed by atoms with Crippen molar-refractivity contribution in [3.63, 3.8) is 0 Å². The molecule has 0 saturated carbocycles. The number of aryl methyl sites for hydroxylation is 1. The van der Waals surface area contributed by atoms with Gasteiger partial charge in [0.2, 0.25) is 10.0 Å². The highest BCUT2D eigenvalue weighted by Crippen LogP contribution is 2.15. The first-order valence-electron chi connectivity index (χ1n) is 5.63. The molecule has 0 aromatic heterocycles. The third-order valence-electron chi connectivity index (χ3n) is 2.45. The molecule has 0 amide bonds. The van der Waals surface area contributed by atoms with Crippen LogP contribution in [0.2, 0.25) is 0 Å². The zero-order valence-corrected chi connectivity index (χ0v) is 11.4. The van der Waals surface area contributed by atoms with E-state index >= 15 is 0 Å². The molecule has 0 atom stereocenters. The maximum Gasteiger partial charge on any atom is 0.244 e. The Bertz CT molecular complexity index is 595. The Hall–Kier alpha value is -1.90. The molecule has 0 aliphatic carbocycles. The van der Waals surface area contributed by atoms with Crippen molar-refractivity contribution >= 4 is 16.3 Å². The van der Waals surface area contributed by atoms with Crippen molar-refractivity contribution in [2.75, 3.05) is 13.1 Å². The molecule has 19 heavy (non-hydrogen) atoms. The first-order chi connectivity index (χ1) is 9.02. The van der Waals surface area contributed by atoms with Gasteiger partial charge in [-0.3, -0.25) is 4.79 Å². The van der Waals surface area contributed by atoms with Crippen LogP contribution in [0.25, 0.3) is 0 Å². The molecular weight excluding hydrogens is 262 g/mol. The predicted molar refractivity (Wildman–Crippen MR) is 74.0 cm³/mol. The lowest BCUT2D eigenvalue weighted by molar-refractivity contribution is -0.104. The van der Waals surface area contributed by atoms with Gasteiger partial charge in [0.05, 0.1) is 11.4 Å². The van der Waals surface area contributed by atoms with Crippen molar-refractivity contribution in [3.8, 4) is 12.3 Å². The van der Waals surface area contributed by atoms with Gasteiger partial charge in [-0.15, -0.1) is 6.42 Å². The van der Waals surface area contributed by atoms with E-state index < -0.39 is 10.0 Å². The number of benzene rings is 1. The van der Waals surface area contributed by atoms with Gasteiger partial charge in [-0.05, 0) is 25.1 Å². The standard InChI is InChI=1S/C14H15NO3S/c1-3-10-15(11-4-5-12-16)19(17,18)14-8-6-13(2)7-9-14/h1,4-9,12H,10-11H2,2H3/b5-4+. The molecule has 5 heteroatoms.